The standard InChI is InChI=1S/C12H19ClN2O2S/c1-3-9(2)8-15-18(16,17)12-6-10(7-14)4-5-11(12)13/h4-6,9,15H,3,7-8,14H2,1-2H3. The number of nitrogens with one attached hydrogen (secondary N) is 1. The number of sulfonamides is 1. The van der Waals surface area contributed by atoms with Gasteiger partial charge in [0, 0.05) is 13.1 Å². The Labute approximate surface area is 114 Å². The van der Waals surface area contributed by atoms with Crippen LogP contribution in [0.3, 0.4) is 0 Å². The Bertz CT molecular complexity index is 503. The van der Waals surface area contributed by atoms with E-state index < -0.39 is 10.0 Å². The molecule has 3 N–H and O–H groups in total. The Balaban J connectivity index is 2.97. The van der Waals surface area contributed by atoms with Gasteiger partial charge >= 0.3 is 0 Å². The molecule has 4 nitrogen and oxygen atoms in total. The van der Waals surface area contributed by atoms with Crippen molar-refractivity contribution in [1.29, 1.82) is 0 Å². The average Bonchev–Trinajstić information content (AvgIpc) is 2.36. The molecule has 0 saturated carbocycles. The lowest BCUT2D eigenvalue weighted by Crippen LogP contribution is -2.28. The maximum Gasteiger partial charge on any atom is 0.242 e. The van der Waals surface area contributed by atoms with Gasteiger partial charge in [-0.1, -0.05) is 37.9 Å². The minimum Gasteiger partial charge on any atom is -0.326 e. The van der Waals surface area contributed by atoms with E-state index in [4.69, 9.17) is 17.3 Å². The van der Waals surface area contributed by atoms with Crippen LogP contribution in [-0.4, -0.2) is 15.0 Å². The first kappa shape index (κ1) is 15.4. The molecule has 0 aromatic heterocycles. The summed E-state index contributed by atoms with van der Waals surface area (Å²) >= 11 is 5.93. The van der Waals surface area contributed by atoms with Gasteiger partial charge in [-0.3, -0.25) is 0 Å². The summed E-state index contributed by atoms with van der Waals surface area (Å²) in [6.45, 7) is 4.69. The minimum atomic E-state index is -3.57. The van der Waals surface area contributed by atoms with E-state index in [0.717, 1.165) is 12.0 Å². The zero-order chi connectivity index (χ0) is 13.8. The first-order valence-corrected chi connectivity index (χ1v) is 7.75. The SMILES string of the molecule is CCC(C)CNS(=O)(=O)c1cc(CN)ccc1Cl. The van der Waals surface area contributed by atoms with Crippen molar-refractivity contribution in [3.05, 3.63) is 28.8 Å². The summed E-state index contributed by atoms with van der Waals surface area (Å²) in [5.41, 5.74) is 6.24. The Morgan fingerprint density at radius 2 is 2.11 bits per heavy atom. The quantitative estimate of drug-likeness (QED) is 0.843. The molecule has 6 heteroatoms. The number of benzene rings is 1. The second kappa shape index (κ2) is 6.52. The van der Waals surface area contributed by atoms with Crippen LogP contribution in [0.5, 0.6) is 0 Å². The Hall–Kier alpha value is -0.620. The lowest BCUT2D eigenvalue weighted by molar-refractivity contribution is 0.528. The van der Waals surface area contributed by atoms with E-state index in [1.165, 1.54) is 6.07 Å². The average molecular weight is 291 g/mol. The molecule has 1 atom stereocenters. The molecule has 0 spiro atoms. The van der Waals surface area contributed by atoms with Crippen LogP contribution in [0.15, 0.2) is 23.1 Å². The van der Waals surface area contributed by atoms with E-state index in [-0.39, 0.29) is 22.4 Å². The third-order valence-electron chi connectivity index (χ3n) is 2.84. The molecule has 0 aliphatic carbocycles. The fourth-order valence-electron chi connectivity index (χ4n) is 1.35. The number of nitrogens with two attached hydrogens (primary N) is 1. The molecule has 0 heterocycles. The monoisotopic (exact) mass is 290 g/mol. The van der Waals surface area contributed by atoms with Crippen LogP contribution < -0.4 is 10.5 Å². The van der Waals surface area contributed by atoms with Gasteiger partial charge in [-0.25, -0.2) is 13.1 Å². The van der Waals surface area contributed by atoms with E-state index in [1.54, 1.807) is 12.1 Å². The molecular weight excluding hydrogens is 272 g/mol. The molecular formula is C12H19ClN2O2S. The van der Waals surface area contributed by atoms with Crippen LogP contribution in [0.4, 0.5) is 0 Å². The smallest absolute Gasteiger partial charge is 0.242 e. The Kier molecular flexibility index (Phi) is 5.59. The lowest BCUT2D eigenvalue weighted by Gasteiger charge is -2.12. The van der Waals surface area contributed by atoms with E-state index in [2.05, 4.69) is 4.72 Å². The topological polar surface area (TPSA) is 72.2 Å². The van der Waals surface area contributed by atoms with E-state index in [1.807, 2.05) is 13.8 Å². The van der Waals surface area contributed by atoms with Gasteiger partial charge in [0.05, 0.1) is 5.02 Å². The van der Waals surface area contributed by atoms with Gasteiger partial charge in [-0.15, -0.1) is 0 Å². The van der Waals surface area contributed by atoms with Gasteiger partial charge < -0.3 is 5.73 Å². The molecule has 0 bridgehead atoms. The third kappa shape index (κ3) is 3.95. The molecule has 1 aromatic carbocycles. The van der Waals surface area contributed by atoms with Crippen LogP contribution in [0, 0.1) is 5.92 Å². The highest BCUT2D eigenvalue weighted by atomic mass is 35.5. The van der Waals surface area contributed by atoms with Crippen molar-refractivity contribution in [1.82, 2.24) is 4.72 Å². The number of hydrogen-bond acceptors (Lipinski definition) is 3. The summed E-state index contributed by atoms with van der Waals surface area (Å²) in [5, 5.41) is 0.212. The van der Waals surface area contributed by atoms with Crippen LogP contribution in [-0.2, 0) is 16.6 Å². The summed E-state index contributed by atoms with van der Waals surface area (Å²) in [4.78, 5) is 0.0930. The zero-order valence-electron chi connectivity index (χ0n) is 10.6. The van der Waals surface area contributed by atoms with Gasteiger partial charge in [0.1, 0.15) is 4.90 Å². The van der Waals surface area contributed by atoms with Crippen molar-refractivity contribution >= 4 is 21.6 Å². The number of halogens is 1. The van der Waals surface area contributed by atoms with E-state index in [0.29, 0.717) is 6.54 Å². The molecule has 0 aliphatic heterocycles. The second-order valence-corrected chi connectivity index (χ2v) is 6.48. The van der Waals surface area contributed by atoms with Crippen molar-refractivity contribution in [3.8, 4) is 0 Å². The number of hydrogen-bond donors (Lipinski definition) is 2. The summed E-state index contributed by atoms with van der Waals surface area (Å²) in [7, 11) is -3.57. The summed E-state index contributed by atoms with van der Waals surface area (Å²) in [5.74, 6) is 0.288. The highest BCUT2D eigenvalue weighted by molar-refractivity contribution is 7.89. The van der Waals surface area contributed by atoms with Crippen LogP contribution in [0.1, 0.15) is 25.8 Å². The highest BCUT2D eigenvalue weighted by Crippen LogP contribution is 2.22. The van der Waals surface area contributed by atoms with Crippen molar-refractivity contribution in [3.63, 3.8) is 0 Å². The van der Waals surface area contributed by atoms with Gasteiger partial charge in [-0.05, 0) is 23.6 Å². The largest absolute Gasteiger partial charge is 0.326 e. The fourth-order valence-corrected chi connectivity index (χ4v) is 3.07. The van der Waals surface area contributed by atoms with Crippen LogP contribution in [0.2, 0.25) is 5.02 Å². The third-order valence-corrected chi connectivity index (χ3v) is 4.74. The van der Waals surface area contributed by atoms with Gasteiger partial charge in [0.25, 0.3) is 0 Å². The van der Waals surface area contributed by atoms with Crippen LogP contribution in [0.25, 0.3) is 0 Å². The zero-order valence-corrected chi connectivity index (χ0v) is 12.2. The van der Waals surface area contributed by atoms with Crippen molar-refractivity contribution < 1.29 is 8.42 Å². The first-order valence-electron chi connectivity index (χ1n) is 5.88. The Morgan fingerprint density at radius 3 is 2.67 bits per heavy atom. The second-order valence-electron chi connectivity index (χ2n) is 4.33. The molecule has 0 fully saturated rings. The predicted octanol–water partition coefficient (Wildman–Crippen LogP) is 2.12. The van der Waals surface area contributed by atoms with E-state index in [9.17, 15) is 8.42 Å². The fraction of sp³-hybridized carbons (Fsp3) is 0.500. The predicted molar refractivity (Wildman–Crippen MR) is 74.0 cm³/mol. The van der Waals surface area contributed by atoms with Gasteiger partial charge in [0.2, 0.25) is 10.0 Å². The highest BCUT2D eigenvalue weighted by Gasteiger charge is 2.18. The molecule has 18 heavy (non-hydrogen) atoms. The van der Waals surface area contributed by atoms with Gasteiger partial charge in [-0.2, -0.15) is 0 Å². The molecule has 0 radical (unpaired) electrons. The molecule has 102 valence electrons. The molecule has 1 rings (SSSR count). The summed E-state index contributed by atoms with van der Waals surface area (Å²) < 4.78 is 26.8. The maximum atomic E-state index is 12.1. The molecule has 0 amide bonds. The van der Waals surface area contributed by atoms with E-state index >= 15 is 0 Å². The van der Waals surface area contributed by atoms with Crippen LogP contribution >= 0.6 is 11.6 Å². The Morgan fingerprint density at radius 1 is 1.44 bits per heavy atom. The molecule has 0 saturated heterocycles. The number of rotatable bonds is 6. The molecule has 0 aliphatic rings. The lowest BCUT2D eigenvalue weighted by atomic mass is 10.1. The first-order chi connectivity index (χ1) is 8.40. The van der Waals surface area contributed by atoms with Crippen molar-refractivity contribution in [2.75, 3.05) is 6.54 Å². The van der Waals surface area contributed by atoms with Crippen molar-refractivity contribution in [2.24, 2.45) is 11.7 Å². The molecule has 1 aromatic rings. The normalized spacial score (nSPS) is 13.6. The molecule has 1 unspecified atom stereocenters. The summed E-state index contributed by atoms with van der Waals surface area (Å²) in [6.07, 6.45) is 0.916. The van der Waals surface area contributed by atoms with Crippen molar-refractivity contribution in [2.45, 2.75) is 31.7 Å². The summed E-state index contributed by atoms with van der Waals surface area (Å²) in [6, 6.07) is 4.79. The minimum absolute atomic E-state index is 0.0930. The van der Waals surface area contributed by atoms with Gasteiger partial charge in [0.15, 0.2) is 0 Å². The maximum absolute atomic E-state index is 12.1.